The van der Waals surface area contributed by atoms with E-state index in [1.54, 1.807) is 44.3 Å². The Labute approximate surface area is 192 Å². The van der Waals surface area contributed by atoms with E-state index >= 15 is 0 Å². The fraction of sp³-hybridized carbons (Fsp3) is 0.250. The highest BCUT2D eigenvalue weighted by Gasteiger charge is 2.32. The Morgan fingerprint density at radius 2 is 1.76 bits per heavy atom. The molecule has 0 N–H and O–H groups in total. The van der Waals surface area contributed by atoms with Gasteiger partial charge in [0.2, 0.25) is 11.8 Å². The van der Waals surface area contributed by atoms with Crippen LogP contribution >= 0.6 is 0 Å². The van der Waals surface area contributed by atoms with Gasteiger partial charge >= 0.3 is 0 Å². The number of sulfonamides is 1. The highest BCUT2D eigenvalue weighted by molar-refractivity contribution is 7.93. The molecular formula is C24H25N3O5S. The molecule has 0 bridgehead atoms. The molecule has 33 heavy (non-hydrogen) atoms. The summed E-state index contributed by atoms with van der Waals surface area (Å²) >= 11 is 0. The monoisotopic (exact) mass is 467 g/mol. The lowest BCUT2D eigenvalue weighted by atomic mass is 10.0. The number of aromatic nitrogens is 2. The van der Waals surface area contributed by atoms with Gasteiger partial charge < -0.3 is 13.7 Å². The molecule has 0 saturated heterocycles. The summed E-state index contributed by atoms with van der Waals surface area (Å²) in [6.07, 6.45) is 3.84. The normalized spacial score (nSPS) is 11.6. The van der Waals surface area contributed by atoms with Gasteiger partial charge in [-0.15, -0.1) is 0 Å². The number of oxazole rings is 1. The molecule has 0 aliphatic carbocycles. The van der Waals surface area contributed by atoms with E-state index in [0.29, 0.717) is 29.3 Å². The van der Waals surface area contributed by atoms with Crippen molar-refractivity contribution in [3.05, 3.63) is 72.2 Å². The maximum atomic E-state index is 13.9. The molecule has 0 atom stereocenters. The first kappa shape index (κ1) is 22.8. The molecule has 172 valence electrons. The zero-order valence-corrected chi connectivity index (χ0v) is 19.5. The summed E-state index contributed by atoms with van der Waals surface area (Å²) < 4.78 is 45.2. The van der Waals surface area contributed by atoms with Crippen LogP contribution in [0.3, 0.4) is 0 Å². The van der Waals surface area contributed by atoms with Crippen molar-refractivity contribution >= 4 is 15.9 Å². The fourth-order valence-electron chi connectivity index (χ4n) is 3.37. The summed E-state index contributed by atoms with van der Waals surface area (Å²) in [5.74, 6) is 0.649. The summed E-state index contributed by atoms with van der Waals surface area (Å²) in [7, 11) is -4.03. The van der Waals surface area contributed by atoms with Crippen LogP contribution in [0.25, 0.3) is 22.6 Å². The zero-order chi connectivity index (χ0) is 23.4. The van der Waals surface area contributed by atoms with Crippen LogP contribution in [0.2, 0.25) is 0 Å². The quantitative estimate of drug-likeness (QED) is 0.247. The third-order valence-electron chi connectivity index (χ3n) is 5.25. The number of ether oxygens (including phenoxy) is 1. The van der Waals surface area contributed by atoms with E-state index in [2.05, 4.69) is 10.1 Å². The van der Waals surface area contributed by atoms with Gasteiger partial charge in [0.15, 0.2) is 0 Å². The van der Waals surface area contributed by atoms with Gasteiger partial charge in [0.05, 0.1) is 16.8 Å². The Hall–Kier alpha value is -3.43. The SMILES string of the molecule is CCCOCN(c1onc(C)c1C)S(=O)(=O)c1ccccc1-c1ccc(-c2ncco2)cc1. The van der Waals surface area contributed by atoms with E-state index in [-0.39, 0.29) is 17.5 Å². The first-order valence-corrected chi connectivity index (χ1v) is 12.0. The summed E-state index contributed by atoms with van der Waals surface area (Å²) in [6, 6.07) is 14.2. The second kappa shape index (κ2) is 9.60. The van der Waals surface area contributed by atoms with Crippen molar-refractivity contribution in [1.82, 2.24) is 10.1 Å². The smallest absolute Gasteiger partial charge is 0.269 e. The molecule has 0 radical (unpaired) electrons. The number of benzene rings is 2. The van der Waals surface area contributed by atoms with Crippen molar-refractivity contribution in [2.24, 2.45) is 0 Å². The summed E-state index contributed by atoms with van der Waals surface area (Å²) in [4.78, 5) is 4.29. The summed E-state index contributed by atoms with van der Waals surface area (Å²) in [6.45, 7) is 5.74. The van der Waals surface area contributed by atoms with E-state index in [1.165, 1.54) is 6.26 Å². The van der Waals surface area contributed by atoms with Crippen LogP contribution in [0, 0.1) is 13.8 Å². The van der Waals surface area contributed by atoms with Gasteiger partial charge in [0.25, 0.3) is 10.0 Å². The molecule has 4 rings (SSSR count). The van der Waals surface area contributed by atoms with Gasteiger partial charge in [-0.1, -0.05) is 42.4 Å². The Balaban J connectivity index is 1.76. The highest BCUT2D eigenvalue weighted by atomic mass is 32.2. The number of hydrogen-bond donors (Lipinski definition) is 0. The molecule has 0 aliphatic rings. The fourth-order valence-corrected chi connectivity index (χ4v) is 4.93. The average molecular weight is 468 g/mol. The van der Waals surface area contributed by atoms with Crippen LogP contribution in [0.4, 0.5) is 5.88 Å². The van der Waals surface area contributed by atoms with E-state index < -0.39 is 10.0 Å². The van der Waals surface area contributed by atoms with Crippen LogP contribution < -0.4 is 4.31 Å². The number of aryl methyl sites for hydroxylation is 1. The molecule has 0 amide bonds. The molecule has 2 heterocycles. The van der Waals surface area contributed by atoms with Crippen LogP contribution in [0.1, 0.15) is 24.6 Å². The zero-order valence-electron chi connectivity index (χ0n) is 18.7. The third-order valence-corrected chi connectivity index (χ3v) is 7.01. The van der Waals surface area contributed by atoms with E-state index in [0.717, 1.165) is 21.9 Å². The van der Waals surface area contributed by atoms with Crippen LogP contribution in [0.15, 0.2) is 74.8 Å². The van der Waals surface area contributed by atoms with Gasteiger partial charge in [0, 0.05) is 23.3 Å². The summed E-state index contributed by atoms with van der Waals surface area (Å²) in [5, 5.41) is 3.94. The topological polar surface area (TPSA) is 98.7 Å². The standard InChI is InChI=1S/C24H25N3O5S/c1-4-14-30-16-27(24-17(2)18(3)26-32-24)33(28,29)22-8-6-5-7-21(22)19-9-11-20(12-10-19)23-25-13-15-31-23/h5-13,15H,4,14,16H2,1-3H3. The maximum Gasteiger partial charge on any atom is 0.269 e. The first-order valence-electron chi connectivity index (χ1n) is 10.6. The minimum absolute atomic E-state index is 0.141. The Kier molecular flexibility index (Phi) is 6.62. The predicted octanol–water partition coefficient (Wildman–Crippen LogP) is 5.19. The lowest BCUT2D eigenvalue weighted by Gasteiger charge is -2.23. The third kappa shape index (κ3) is 4.55. The van der Waals surface area contributed by atoms with Crippen molar-refractivity contribution in [2.75, 3.05) is 17.6 Å². The van der Waals surface area contributed by atoms with Crippen molar-refractivity contribution in [3.63, 3.8) is 0 Å². The number of anilines is 1. The highest BCUT2D eigenvalue weighted by Crippen LogP contribution is 2.34. The van der Waals surface area contributed by atoms with Crippen LogP contribution in [0.5, 0.6) is 0 Å². The van der Waals surface area contributed by atoms with Gasteiger partial charge in [-0.3, -0.25) is 0 Å². The molecule has 0 saturated carbocycles. The van der Waals surface area contributed by atoms with E-state index in [4.69, 9.17) is 13.7 Å². The van der Waals surface area contributed by atoms with Crippen LogP contribution in [-0.4, -0.2) is 31.9 Å². The van der Waals surface area contributed by atoms with Crippen molar-refractivity contribution < 1.29 is 22.1 Å². The molecule has 9 heteroatoms. The minimum Gasteiger partial charge on any atom is -0.445 e. The lowest BCUT2D eigenvalue weighted by Crippen LogP contribution is -2.34. The molecular weight excluding hydrogens is 442 g/mol. The molecule has 2 aromatic carbocycles. The van der Waals surface area contributed by atoms with Crippen LogP contribution in [-0.2, 0) is 14.8 Å². The molecule has 0 aliphatic heterocycles. The second-order valence-electron chi connectivity index (χ2n) is 7.50. The van der Waals surface area contributed by atoms with Gasteiger partial charge in [-0.05, 0) is 44.0 Å². The van der Waals surface area contributed by atoms with Gasteiger partial charge in [-0.25, -0.2) is 17.7 Å². The summed E-state index contributed by atoms with van der Waals surface area (Å²) in [5.41, 5.74) is 3.37. The molecule has 0 fully saturated rings. The van der Waals surface area contributed by atoms with E-state index in [9.17, 15) is 8.42 Å². The number of nitrogens with zero attached hydrogens (tertiary/aromatic N) is 3. The molecule has 0 spiro atoms. The molecule has 0 unspecified atom stereocenters. The minimum atomic E-state index is -4.03. The molecule has 8 nitrogen and oxygen atoms in total. The van der Waals surface area contributed by atoms with Gasteiger partial charge in [-0.2, -0.15) is 0 Å². The van der Waals surface area contributed by atoms with Crippen molar-refractivity contribution in [2.45, 2.75) is 32.1 Å². The predicted molar refractivity (Wildman–Crippen MR) is 124 cm³/mol. The molecule has 2 aromatic heterocycles. The average Bonchev–Trinajstić information content (AvgIpc) is 3.48. The molecule has 4 aromatic rings. The lowest BCUT2D eigenvalue weighted by molar-refractivity contribution is 0.141. The Morgan fingerprint density at radius 1 is 1.03 bits per heavy atom. The first-order chi connectivity index (χ1) is 15.9. The second-order valence-corrected chi connectivity index (χ2v) is 9.33. The largest absolute Gasteiger partial charge is 0.445 e. The van der Waals surface area contributed by atoms with E-state index in [1.807, 2.05) is 31.2 Å². The Bertz CT molecular complexity index is 1310. The Morgan fingerprint density at radius 3 is 2.39 bits per heavy atom. The maximum absolute atomic E-state index is 13.9. The van der Waals surface area contributed by atoms with Crippen molar-refractivity contribution in [3.8, 4) is 22.6 Å². The van der Waals surface area contributed by atoms with Gasteiger partial charge in [0.1, 0.15) is 13.0 Å². The number of rotatable bonds is 9. The number of hydrogen-bond acceptors (Lipinski definition) is 7. The van der Waals surface area contributed by atoms with Crippen molar-refractivity contribution in [1.29, 1.82) is 0 Å².